The standard InChI is InChI=1S/2C4H6N2.C2H4O2.H2O/c2*1-6-3-2-5-4-6;1-2(3)4;/h2*2-4H,1H3;1H3,(H,3,4);1H2. The van der Waals surface area contributed by atoms with E-state index >= 15 is 0 Å². The largest absolute Gasteiger partial charge is 0.870 e. The lowest BCUT2D eigenvalue weighted by atomic mass is 10.9. The highest BCUT2D eigenvalue weighted by atomic mass is 16.4. The summed E-state index contributed by atoms with van der Waals surface area (Å²) < 4.78 is 3.89. The number of carboxylic acid groups (broad SMARTS) is 1. The minimum atomic E-state index is -1.08. The molecule has 17 heavy (non-hydrogen) atoms. The molecule has 2 aromatic rings. The molecule has 2 rings (SSSR count). The zero-order valence-corrected chi connectivity index (χ0v) is 10.1. The fourth-order valence-corrected chi connectivity index (χ4v) is 0.728. The maximum atomic E-state index is 8.89. The van der Waals surface area contributed by atoms with Crippen LogP contribution in [0.4, 0.5) is 0 Å². The second-order valence-electron chi connectivity index (χ2n) is 3.05. The van der Waals surface area contributed by atoms with Crippen LogP contribution in [0, 0.1) is 0 Å². The molecule has 0 spiro atoms. The fraction of sp³-hybridized carbons (Fsp3) is 0.300. The lowest BCUT2D eigenvalue weighted by molar-refractivity contribution is -0.670. The molecule has 0 aromatic carbocycles. The summed E-state index contributed by atoms with van der Waals surface area (Å²) in [7, 11) is 3.94. The molecule has 2 heterocycles. The molecule has 0 saturated heterocycles. The maximum Gasteiger partial charge on any atom is 0.241 e. The first-order valence-electron chi connectivity index (χ1n) is 4.66. The number of hydrogen-bond donors (Lipinski definition) is 2. The molecule has 7 nitrogen and oxygen atoms in total. The molecule has 0 amide bonds. The zero-order valence-electron chi connectivity index (χ0n) is 10.1. The molecule has 0 aliphatic carbocycles. The van der Waals surface area contributed by atoms with Crippen LogP contribution < -0.4 is 14.2 Å². The van der Waals surface area contributed by atoms with Gasteiger partial charge in [0.1, 0.15) is 24.8 Å². The Bertz CT molecular complexity index is 334. The quantitative estimate of drug-likeness (QED) is 0.535. The van der Waals surface area contributed by atoms with Gasteiger partial charge in [-0.25, -0.2) is 9.13 Å². The number of nitrogens with one attached hydrogen (secondary N) is 2. The van der Waals surface area contributed by atoms with Crippen molar-refractivity contribution in [3.8, 4) is 0 Å². The van der Waals surface area contributed by atoms with Crippen molar-refractivity contribution in [2.24, 2.45) is 14.1 Å². The van der Waals surface area contributed by atoms with Gasteiger partial charge in [0.15, 0.2) is 0 Å². The number of carbonyl (C=O) groups excluding carboxylic acids is 1. The predicted octanol–water partition coefficient (Wildman–Crippen LogP) is -1.74. The number of aromatic nitrogens is 4. The van der Waals surface area contributed by atoms with Crippen molar-refractivity contribution < 1.29 is 24.5 Å². The van der Waals surface area contributed by atoms with E-state index in [1.54, 1.807) is 0 Å². The van der Waals surface area contributed by atoms with Crippen LogP contribution in [0.5, 0.6) is 0 Å². The van der Waals surface area contributed by atoms with E-state index < -0.39 is 5.97 Å². The molecule has 0 unspecified atom stereocenters. The first-order chi connectivity index (χ1) is 7.52. The number of imidazole rings is 2. The lowest BCUT2D eigenvalue weighted by Gasteiger charge is -1.77. The van der Waals surface area contributed by atoms with Crippen molar-refractivity contribution >= 4 is 5.97 Å². The van der Waals surface area contributed by atoms with Crippen molar-refractivity contribution in [1.82, 2.24) is 9.97 Å². The molecule has 0 aliphatic rings. The number of H-pyrrole nitrogens is 2. The second kappa shape index (κ2) is 10.4. The van der Waals surface area contributed by atoms with E-state index in [2.05, 4.69) is 9.97 Å². The molecule has 96 valence electrons. The summed E-state index contributed by atoms with van der Waals surface area (Å²) >= 11 is 0. The first kappa shape index (κ1) is 17.3. The minimum Gasteiger partial charge on any atom is -0.870 e. The molecule has 2 aromatic heterocycles. The number of carboxylic acids is 1. The Morgan fingerprint density at radius 2 is 1.35 bits per heavy atom. The van der Waals surface area contributed by atoms with E-state index in [9.17, 15) is 0 Å². The van der Waals surface area contributed by atoms with Crippen LogP contribution >= 0.6 is 0 Å². The molecule has 0 radical (unpaired) electrons. The lowest BCUT2D eigenvalue weighted by Crippen LogP contribution is -2.22. The van der Waals surface area contributed by atoms with Gasteiger partial charge in [-0.1, -0.05) is 0 Å². The number of nitrogens with zero attached hydrogens (tertiary/aromatic N) is 2. The number of aromatic amines is 2. The number of carbonyl (C=O) groups is 1. The van der Waals surface area contributed by atoms with Crippen LogP contribution in [0.25, 0.3) is 0 Å². The van der Waals surface area contributed by atoms with Gasteiger partial charge in [0.25, 0.3) is 0 Å². The van der Waals surface area contributed by atoms with Gasteiger partial charge in [-0.15, -0.1) is 0 Å². The summed E-state index contributed by atoms with van der Waals surface area (Å²) in [5, 5.41) is 8.89. The number of hydrogen-bond acceptors (Lipinski definition) is 3. The Morgan fingerprint density at radius 3 is 1.41 bits per heavy atom. The Balaban J connectivity index is 0. The molecule has 0 bridgehead atoms. The van der Waals surface area contributed by atoms with E-state index in [1.165, 1.54) is 0 Å². The van der Waals surface area contributed by atoms with E-state index in [-0.39, 0.29) is 5.48 Å². The summed E-state index contributed by atoms with van der Waals surface area (Å²) in [5.74, 6) is -1.08. The molecule has 3 N–H and O–H groups in total. The smallest absolute Gasteiger partial charge is 0.241 e. The van der Waals surface area contributed by atoms with Crippen molar-refractivity contribution in [2.75, 3.05) is 0 Å². The van der Waals surface area contributed by atoms with Crippen molar-refractivity contribution in [3.05, 3.63) is 37.4 Å². The molecule has 7 heteroatoms. The summed E-state index contributed by atoms with van der Waals surface area (Å²) in [6.07, 6.45) is 11.4. The number of rotatable bonds is 0. The SMILES string of the molecule is CC(=O)[O-].C[n+]1cc[nH]c1.C[n+]1cc[nH]c1.[OH-]. The second-order valence-corrected chi connectivity index (χ2v) is 3.05. The van der Waals surface area contributed by atoms with Crippen LogP contribution in [0.1, 0.15) is 6.92 Å². The monoisotopic (exact) mass is 242 g/mol. The van der Waals surface area contributed by atoms with Gasteiger partial charge in [0.2, 0.25) is 12.7 Å². The number of aryl methyl sites for hydroxylation is 2. The van der Waals surface area contributed by atoms with Crippen LogP contribution in [0.15, 0.2) is 37.4 Å². The third-order valence-electron chi connectivity index (χ3n) is 1.37. The number of aliphatic carboxylic acids is 1. The Morgan fingerprint density at radius 1 is 1.06 bits per heavy atom. The Kier molecular flexibility index (Phi) is 10.5. The summed E-state index contributed by atoms with van der Waals surface area (Å²) in [4.78, 5) is 14.7. The summed E-state index contributed by atoms with van der Waals surface area (Å²) in [5.41, 5.74) is 0. The average molecular weight is 242 g/mol. The highest BCUT2D eigenvalue weighted by Gasteiger charge is 1.79. The van der Waals surface area contributed by atoms with Crippen molar-refractivity contribution in [2.45, 2.75) is 6.92 Å². The van der Waals surface area contributed by atoms with E-state index in [4.69, 9.17) is 9.90 Å². The van der Waals surface area contributed by atoms with Crippen LogP contribution in [0.2, 0.25) is 0 Å². The third kappa shape index (κ3) is 13.9. The van der Waals surface area contributed by atoms with E-state index in [0.717, 1.165) is 6.92 Å². The summed E-state index contributed by atoms with van der Waals surface area (Å²) in [6, 6.07) is 0. The van der Waals surface area contributed by atoms with Crippen LogP contribution in [-0.2, 0) is 18.9 Å². The molecule has 0 atom stereocenters. The van der Waals surface area contributed by atoms with Gasteiger partial charge in [-0.3, -0.25) is 9.97 Å². The first-order valence-corrected chi connectivity index (χ1v) is 4.66. The van der Waals surface area contributed by atoms with Gasteiger partial charge in [-0.05, 0) is 6.92 Å². The molecule has 0 aliphatic heterocycles. The highest BCUT2D eigenvalue weighted by Crippen LogP contribution is 1.60. The highest BCUT2D eigenvalue weighted by molar-refractivity contribution is 5.60. The molecular formula is C10H18N4O3. The van der Waals surface area contributed by atoms with Crippen LogP contribution in [-0.4, -0.2) is 21.4 Å². The zero-order chi connectivity index (χ0) is 12.4. The Labute approximate surface area is 99.7 Å². The summed E-state index contributed by atoms with van der Waals surface area (Å²) in [6.45, 7) is 0.972. The van der Waals surface area contributed by atoms with E-state index in [0.29, 0.717) is 0 Å². The van der Waals surface area contributed by atoms with Gasteiger partial charge < -0.3 is 15.4 Å². The fourth-order valence-electron chi connectivity index (χ4n) is 0.728. The minimum absolute atomic E-state index is 0. The van der Waals surface area contributed by atoms with Gasteiger partial charge in [-0.2, -0.15) is 0 Å². The van der Waals surface area contributed by atoms with Crippen molar-refractivity contribution in [3.63, 3.8) is 0 Å². The average Bonchev–Trinajstić information content (AvgIpc) is 2.78. The van der Waals surface area contributed by atoms with Gasteiger partial charge >= 0.3 is 0 Å². The Hall–Kier alpha value is -2.15. The van der Waals surface area contributed by atoms with Gasteiger partial charge in [0, 0.05) is 5.97 Å². The third-order valence-corrected chi connectivity index (χ3v) is 1.37. The maximum absolute atomic E-state index is 8.89. The van der Waals surface area contributed by atoms with Crippen LogP contribution in [0.3, 0.4) is 0 Å². The molecular weight excluding hydrogens is 224 g/mol. The van der Waals surface area contributed by atoms with E-state index in [1.807, 2.05) is 60.7 Å². The normalized spacial score (nSPS) is 7.71. The van der Waals surface area contributed by atoms with Crippen molar-refractivity contribution in [1.29, 1.82) is 0 Å². The molecule has 0 saturated carbocycles. The topological polar surface area (TPSA) is 109 Å². The van der Waals surface area contributed by atoms with Gasteiger partial charge in [0.05, 0.1) is 14.1 Å². The predicted molar refractivity (Wildman–Crippen MR) is 56.6 cm³/mol. The molecule has 0 fully saturated rings.